The molecule has 1 aromatic carbocycles. The van der Waals surface area contributed by atoms with E-state index in [0.29, 0.717) is 29.7 Å². The first-order valence-corrected chi connectivity index (χ1v) is 7.37. The Hall–Kier alpha value is -2.63. The Labute approximate surface area is 135 Å². The lowest BCUT2D eigenvalue weighted by Gasteiger charge is -2.13. The molecule has 0 atom stereocenters. The van der Waals surface area contributed by atoms with E-state index in [9.17, 15) is 14.9 Å². The van der Waals surface area contributed by atoms with E-state index >= 15 is 0 Å². The Morgan fingerprint density at radius 1 is 1.43 bits per heavy atom. The summed E-state index contributed by atoms with van der Waals surface area (Å²) < 4.78 is 5.58. The molecule has 6 nitrogen and oxygen atoms in total. The molecule has 6 heteroatoms. The number of ether oxygens (including phenoxy) is 1. The molecule has 0 bridgehead atoms. The van der Waals surface area contributed by atoms with E-state index in [4.69, 9.17) is 9.84 Å². The van der Waals surface area contributed by atoms with Crippen molar-refractivity contribution in [3.05, 3.63) is 51.6 Å². The fourth-order valence-corrected chi connectivity index (χ4v) is 2.07. The molecule has 0 fully saturated rings. The van der Waals surface area contributed by atoms with Gasteiger partial charge in [-0.2, -0.15) is 0 Å². The highest BCUT2D eigenvalue weighted by Crippen LogP contribution is 2.35. The molecule has 124 valence electrons. The molecule has 1 rings (SSSR count). The molecule has 23 heavy (non-hydrogen) atoms. The van der Waals surface area contributed by atoms with Gasteiger partial charge in [0.2, 0.25) is 5.75 Å². The lowest BCUT2D eigenvalue weighted by Crippen LogP contribution is -2.04. The van der Waals surface area contributed by atoms with Crippen LogP contribution in [0.5, 0.6) is 5.75 Å². The molecule has 0 aliphatic carbocycles. The van der Waals surface area contributed by atoms with E-state index in [1.54, 1.807) is 13.0 Å². The zero-order valence-electron chi connectivity index (χ0n) is 13.5. The van der Waals surface area contributed by atoms with E-state index in [0.717, 1.165) is 12.5 Å². The van der Waals surface area contributed by atoms with Crippen LogP contribution in [0, 0.1) is 10.1 Å². The van der Waals surface area contributed by atoms with Crippen LogP contribution >= 0.6 is 0 Å². The van der Waals surface area contributed by atoms with Gasteiger partial charge in [-0.1, -0.05) is 19.1 Å². The summed E-state index contributed by atoms with van der Waals surface area (Å²) in [5, 5.41) is 20.2. The summed E-state index contributed by atoms with van der Waals surface area (Å²) >= 11 is 0. The smallest absolute Gasteiger partial charge is 0.328 e. The lowest BCUT2D eigenvalue weighted by atomic mass is 10.00. The molecule has 0 spiro atoms. The zero-order valence-corrected chi connectivity index (χ0v) is 13.5. The van der Waals surface area contributed by atoms with E-state index in [2.05, 4.69) is 0 Å². The highest BCUT2D eigenvalue weighted by atomic mass is 16.6. The van der Waals surface area contributed by atoms with Gasteiger partial charge in [0, 0.05) is 17.7 Å². The molecule has 0 saturated carbocycles. The number of aliphatic carboxylic acids is 1. The number of nitro benzene ring substituents is 1. The molecular formula is C17H21NO5. The Morgan fingerprint density at radius 3 is 2.65 bits per heavy atom. The van der Waals surface area contributed by atoms with Crippen molar-refractivity contribution in [1.29, 1.82) is 0 Å². The number of allylic oxidation sites excluding steroid dienone is 3. The number of hydrogen-bond acceptors (Lipinski definition) is 4. The number of nitro groups is 1. The minimum atomic E-state index is -1.09. The SMILES string of the molecule is CC=CCc1cc(C(C)=CC(=O)O)cc([N+](=O)[O-])c1OCCC. The lowest BCUT2D eigenvalue weighted by molar-refractivity contribution is -0.386. The maximum atomic E-state index is 11.4. The molecule has 0 saturated heterocycles. The van der Waals surface area contributed by atoms with Crippen molar-refractivity contribution in [3.63, 3.8) is 0 Å². The summed E-state index contributed by atoms with van der Waals surface area (Å²) in [4.78, 5) is 21.7. The number of carboxylic acid groups (broad SMARTS) is 1. The first-order valence-electron chi connectivity index (χ1n) is 7.37. The fraction of sp³-hybridized carbons (Fsp3) is 0.353. The predicted molar refractivity (Wildman–Crippen MR) is 88.7 cm³/mol. The number of benzene rings is 1. The van der Waals surface area contributed by atoms with E-state index < -0.39 is 10.9 Å². The van der Waals surface area contributed by atoms with Crippen LogP contribution in [-0.4, -0.2) is 22.6 Å². The molecule has 0 unspecified atom stereocenters. The van der Waals surface area contributed by atoms with Crippen LogP contribution in [0.4, 0.5) is 5.69 Å². The second-order valence-electron chi connectivity index (χ2n) is 5.03. The normalized spacial score (nSPS) is 11.7. The Morgan fingerprint density at radius 2 is 2.13 bits per heavy atom. The van der Waals surface area contributed by atoms with Crippen LogP contribution < -0.4 is 4.74 Å². The van der Waals surface area contributed by atoms with Gasteiger partial charge in [-0.25, -0.2) is 4.79 Å². The number of carbonyl (C=O) groups is 1. The summed E-state index contributed by atoms with van der Waals surface area (Å²) in [5.74, 6) is -0.840. The van der Waals surface area contributed by atoms with Gasteiger partial charge in [0.1, 0.15) is 0 Å². The van der Waals surface area contributed by atoms with Gasteiger partial charge in [-0.3, -0.25) is 10.1 Å². The summed E-state index contributed by atoms with van der Waals surface area (Å²) in [7, 11) is 0. The first-order chi connectivity index (χ1) is 10.9. The van der Waals surface area contributed by atoms with Crippen molar-refractivity contribution in [3.8, 4) is 5.75 Å². The largest absolute Gasteiger partial charge is 0.487 e. The standard InChI is InChI=1S/C17H21NO5/c1-4-6-7-13-10-14(12(3)9-16(19)20)11-15(18(21)22)17(13)23-8-5-2/h4,6,9-11H,5,7-8H2,1-3H3,(H,19,20). The Bertz CT molecular complexity index is 647. The van der Waals surface area contributed by atoms with Crippen LogP contribution in [-0.2, 0) is 11.2 Å². The zero-order chi connectivity index (χ0) is 17.4. The average molecular weight is 319 g/mol. The number of hydrogen-bond donors (Lipinski definition) is 1. The summed E-state index contributed by atoms with van der Waals surface area (Å²) in [5.41, 5.74) is 1.47. The predicted octanol–water partition coefficient (Wildman–Crippen LogP) is 3.99. The number of rotatable bonds is 8. The van der Waals surface area contributed by atoms with Crippen molar-refractivity contribution in [2.24, 2.45) is 0 Å². The van der Waals surface area contributed by atoms with Crippen LogP contribution in [0.1, 0.15) is 38.3 Å². The molecule has 0 amide bonds. The van der Waals surface area contributed by atoms with Crippen molar-refractivity contribution < 1.29 is 19.6 Å². The van der Waals surface area contributed by atoms with E-state index in [1.165, 1.54) is 6.07 Å². The number of carboxylic acids is 1. The molecular weight excluding hydrogens is 298 g/mol. The molecule has 0 radical (unpaired) electrons. The first kappa shape index (κ1) is 18.4. The molecule has 0 aromatic heterocycles. The third kappa shape index (κ3) is 5.25. The van der Waals surface area contributed by atoms with Gasteiger partial charge in [-0.05, 0) is 43.9 Å². The van der Waals surface area contributed by atoms with Crippen molar-refractivity contribution >= 4 is 17.2 Å². The topological polar surface area (TPSA) is 89.7 Å². The highest BCUT2D eigenvalue weighted by molar-refractivity contribution is 5.90. The van der Waals surface area contributed by atoms with Crippen LogP contribution in [0.2, 0.25) is 0 Å². The van der Waals surface area contributed by atoms with Crippen LogP contribution in [0.25, 0.3) is 5.57 Å². The van der Waals surface area contributed by atoms with Gasteiger partial charge >= 0.3 is 11.7 Å². The molecule has 0 aliphatic heterocycles. The van der Waals surface area contributed by atoms with Gasteiger partial charge in [-0.15, -0.1) is 0 Å². The third-order valence-corrected chi connectivity index (χ3v) is 3.16. The monoisotopic (exact) mass is 319 g/mol. The Kier molecular flexibility index (Phi) is 6.99. The maximum Gasteiger partial charge on any atom is 0.328 e. The number of nitrogens with zero attached hydrogens (tertiary/aromatic N) is 1. The second kappa shape index (κ2) is 8.73. The third-order valence-electron chi connectivity index (χ3n) is 3.16. The summed E-state index contributed by atoms with van der Waals surface area (Å²) in [6.45, 7) is 5.78. The van der Waals surface area contributed by atoms with Gasteiger partial charge in [0.15, 0.2) is 0 Å². The summed E-state index contributed by atoms with van der Waals surface area (Å²) in [6, 6.07) is 3.10. The molecule has 0 aliphatic rings. The van der Waals surface area contributed by atoms with Crippen molar-refractivity contribution in [1.82, 2.24) is 0 Å². The fourth-order valence-electron chi connectivity index (χ4n) is 2.07. The van der Waals surface area contributed by atoms with Crippen LogP contribution in [0.15, 0.2) is 30.4 Å². The molecule has 0 heterocycles. The van der Waals surface area contributed by atoms with E-state index in [-0.39, 0.29) is 11.4 Å². The van der Waals surface area contributed by atoms with E-state index in [1.807, 2.05) is 26.0 Å². The Balaban J connectivity index is 3.49. The van der Waals surface area contributed by atoms with Crippen molar-refractivity contribution in [2.75, 3.05) is 6.61 Å². The maximum absolute atomic E-state index is 11.4. The van der Waals surface area contributed by atoms with Gasteiger partial charge in [0.05, 0.1) is 11.5 Å². The van der Waals surface area contributed by atoms with Gasteiger partial charge in [0.25, 0.3) is 0 Å². The van der Waals surface area contributed by atoms with Gasteiger partial charge < -0.3 is 9.84 Å². The second-order valence-corrected chi connectivity index (χ2v) is 5.03. The summed E-state index contributed by atoms with van der Waals surface area (Å²) in [6.07, 6.45) is 5.97. The molecule has 1 N–H and O–H groups in total. The van der Waals surface area contributed by atoms with Crippen LogP contribution in [0.3, 0.4) is 0 Å². The quantitative estimate of drug-likeness (QED) is 0.338. The molecule has 1 aromatic rings. The minimum Gasteiger partial charge on any atom is -0.487 e. The van der Waals surface area contributed by atoms with Crippen molar-refractivity contribution in [2.45, 2.75) is 33.6 Å². The average Bonchev–Trinajstić information content (AvgIpc) is 2.49. The highest BCUT2D eigenvalue weighted by Gasteiger charge is 2.21. The minimum absolute atomic E-state index is 0.145.